The molecule has 1 aliphatic heterocycles. The molecule has 1 heterocycles. The lowest BCUT2D eigenvalue weighted by molar-refractivity contribution is 0.243. The van der Waals surface area contributed by atoms with E-state index in [1.165, 1.54) is 11.8 Å². The normalized spacial score (nSPS) is 17.3. The van der Waals surface area contributed by atoms with Gasteiger partial charge in [-0.3, -0.25) is 0 Å². The molecule has 1 N–H and O–H groups in total. The van der Waals surface area contributed by atoms with Crippen molar-refractivity contribution in [2.75, 3.05) is 39.0 Å². The Balaban J connectivity index is 1.95. The Morgan fingerprint density at radius 1 is 1.35 bits per heavy atom. The number of nitrogens with one attached hydrogen (secondary N) is 1. The van der Waals surface area contributed by atoms with Gasteiger partial charge in [-0.2, -0.15) is 0 Å². The summed E-state index contributed by atoms with van der Waals surface area (Å²) < 4.78 is 13.6. The smallest absolute Gasteiger partial charge is 0.137 e. The van der Waals surface area contributed by atoms with Crippen molar-refractivity contribution in [1.82, 2.24) is 10.2 Å². The Morgan fingerprint density at radius 3 is 2.82 bits per heavy atom. The second kappa shape index (κ2) is 6.38. The number of nitrogens with zero attached hydrogens (tertiary/aromatic N) is 1. The molecule has 0 aliphatic carbocycles. The molecule has 0 aromatic heterocycles. The van der Waals surface area contributed by atoms with Crippen LogP contribution in [0.25, 0.3) is 0 Å². The van der Waals surface area contributed by atoms with E-state index in [9.17, 15) is 4.39 Å². The molecule has 0 bridgehead atoms. The lowest BCUT2D eigenvalue weighted by atomic mass is 10.1. The molecule has 94 valence electrons. The topological polar surface area (TPSA) is 15.3 Å². The van der Waals surface area contributed by atoms with Gasteiger partial charge in [-0.1, -0.05) is 12.1 Å². The molecule has 1 aromatic rings. The number of hydrogen-bond donors (Lipinski definition) is 1. The number of hydrogen-bond acceptors (Lipinski definition) is 3. The minimum absolute atomic E-state index is 0.0877. The molecule has 0 atom stereocenters. The molecule has 0 amide bonds. The van der Waals surface area contributed by atoms with Crippen molar-refractivity contribution in [3.05, 3.63) is 29.6 Å². The molecular weight excluding hydrogens is 235 g/mol. The molecule has 1 fully saturated rings. The number of halogens is 1. The van der Waals surface area contributed by atoms with Gasteiger partial charge >= 0.3 is 0 Å². The highest BCUT2D eigenvalue weighted by atomic mass is 32.2. The van der Waals surface area contributed by atoms with Crippen molar-refractivity contribution in [3.8, 4) is 0 Å². The standard InChI is InChI=1S/C13H19FN2S/c1-17-13-11(3-2-4-12(13)14)5-8-16-9-6-15-7-10-16/h2-4,15H,5-10H2,1H3. The third-order valence-electron chi connectivity index (χ3n) is 3.16. The van der Waals surface area contributed by atoms with Crippen LogP contribution in [0.4, 0.5) is 4.39 Å². The lowest BCUT2D eigenvalue weighted by Crippen LogP contribution is -2.44. The monoisotopic (exact) mass is 254 g/mol. The van der Waals surface area contributed by atoms with Crippen LogP contribution in [0.2, 0.25) is 0 Å². The Labute approximate surface area is 107 Å². The van der Waals surface area contributed by atoms with Crippen molar-refractivity contribution < 1.29 is 4.39 Å². The summed E-state index contributed by atoms with van der Waals surface area (Å²) >= 11 is 1.50. The first kappa shape index (κ1) is 12.9. The van der Waals surface area contributed by atoms with E-state index in [1.807, 2.05) is 18.4 Å². The van der Waals surface area contributed by atoms with E-state index < -0.39 is 0 Å². The number of thioether (sulfide) groups is 1. The van der Waals surface area contributed by atoms with Crippen LogP contribution < -0.4 is 5.32 Å². The Bertz CT molecular complexity index is 364. The first-order valence-corrected chi connectivity index (χ1v) is 7.28. The summed E-state index contributed by atoms with van der Waals surface area (Å²) in [4.78, 5) is 3.24. The zero-order chi connectivity index (χ0) is 12.1. The van der Waals surface area contributed by atoms with E-state index in [2.05, 4.69) is 10.2 Å². The summed E-state index contributed by atoms with van der Waals surface area (Å²) in [5, 5.41) is 3.34. The molecule has 4 heteroatoms. The van der Waals surface area contributed by atoms with Crippen molar-refractivity contribution in [2.24, 2.45) is 0 Å². The van der Waals surface area contributed by atoms with Crippen molar-refractivity contribution in [1.29, 1.82) is 0 Å². The number of benzene rings is 1. The summed E-state index contributed by atoms with van der Waals surface area (Å²) in [5.74, 6) is -0.0877. The lowest BCUT2D eigenvalue weighted by Gasteiger charge is -2.27. The Kier molecular flexibility index (Phi) is 4.83. The maximum Gasteiger partial charge on any atom is 0.137 e. The summed E-state index contributed by atoms with van der Waals surface area (Å²) in [6.45, 7) is 5.36. The Morgan fingerprint density at radius 2 is 2.12 bits per heavy atom. The SMILES string of the molecule is CSc1c(F)cccc1CCN1CCNCC1. The van der Waals surface area contributed by atoms with Gasteiger partial charge in [0, 0.05) is 37.6 Å². The second-order valence-electron chi connectivity index (χ2n) is 4.27. The highest BCUT2D eigenvalue weighted by molar-refractivity contribution is 7.98. The van der Waals surface area contributed by atoms with Crippen molar-refractivity contribution in [3.63, 3.8) is 0 Å². The molecule has 0 saturated carbocycles. The predicted molar refractivity (Wildman–Crippen MR) is 71.2 cm³/mol. The van der Waals surface area contributed by atoms with Crippen LogP contribution in [0, 0.1) is 5.82 Å². The van der Waals surface area contributed by atoms with Crippen LogP contribution in [0.5, 0.6) is 0 Å². The third kappa shape index (κ3) is 3.44. The van der Waals surface area contributed by atoms with Gasteiger partial charge in [-0.25, -0.2) is 4.39 Å². The number of piperazine rings is 1. The summed E-state index contributed by atoms with van der Waals surface area (Å²) in [6.07, 6.45) is 2.88. The minimum Gasteiger partial charge on any atom is -0.314 e. The molecular formula is C13H19FN2S. The van der Waals surface area contributed by atoms with Gasteiger partial charge in [0.1, 0.15) is 5.82 Å². The minimum atomic E-state index is -0.0877. The molecule has 0 radical (unpaired) electrons. The third-order valence-corrected chi connectivity index (χ3v) is 4.03. The fraction of sp³-hybridized carbons (Fsp3) is 0.538. The second-order valence-corrected chi connectivity index (χ2v) is 5.09. The molecule has 0 spiro atoms. The van der Waals surface area contributed by atoms with Gasteiger partial charge in [0.2, 0.25) is 0 Å². The van der Waals surface area contributed by atoms with Crippen LogP contribution in [-0.2, 0) is 6.42 Å². The van der Waals surface area contributed by atoms with Crippen molar-refractivity contribution >= 4 is 11.8 Å². The van der Waals surface area contributed by atoms with E-state index in [-0.39, 0.29) is 5.82 Å². The zero-order valence-electron chi connectivity index (χ0n) is 10.2. The van der Waals surface area contributed by atoms with Crippen LogP contribution >= 0.6 is 11.8 Å². The maximum absolute atomic E-state index is 13.6. The van der Waals surface area contributed by atoms with Crippen molar-refractivity contribution in [2.45, 2.75) is 11.3 Å². The molecule has 1 saturated heterocycles. The van der Waals surface area contributed by atoms with Gasteiger partial charge < -0.3 is 10.2 Å². The fourth-order valence-corrected chi connectivity index (χ4v) is 2.89. The highest BCUT2D eigenvalue weighted by Gasteiger charge is 2.11. The van der Waals surface area contributed by atoms with Gasteiger partial charge in [-0.05, 0) is 24.3 Å². The first-order chi connectivity index (χ1) is 8.31. The average molecular weight is 254 g/mol. The van der Waals surface area contributed by atoms with Crippen LogP contribution in [0.3, 0.4) is 0 Å². The largest absolute Gasteiger partial charge is 0.314 e. The van der Waals surface area contributed by atoms with Crippen LogP contribution in [0.1, 0.15) is 5.56 Å². The molecule has 17 heavy (non-hydrogen) atoms. The molecule has 1 aliphatic rings. The summed E-state index contributed by atoms with van der Waals surface area (Å²) in [7, 11) is 0. The first-order valence-electron chi connectivity index (χ1n) is 6.05. The van der Waals surface area contributed by atoms with Gasteiger partial charge in [0.25, 0.3) is 0 Å². The van der Waals surface area contributed by atoms with Crippen LogP contribution in [0.15, 0.2) is 23.1 Å². The van der Waals surface area contributed by atoms with Crippen LogP contribution in [-0.4, -0.2) is 43.9 Å². The van der Waals surface area contributed by atoms with Gasteiger partial charge in [0.05, 0.1) is 0 Å². The number of rotatable bonds is 4. The molecule has 2 nitrogen and oxygen atoms in total. The van der Waals surface area contributed by atoms with Gasteiger partial charge in [-0.15, -0.1) is 11.8 Å². The quantitative estimate of drug-likeness (QED) is 0.827. The van der Waals surface area contributed by atoms with E-state index in [0.717, 1.165) is 49.6 Å². The average Bonchev–Trinajstić information content (AvgIpc) is 2.37. The van der Waals surface area contributed by atoms with E-state index in [1.54, 1.807) is 6.07 Å². The van der Waals surface area contributed by atoms with Gasteiger partial charge in [0.15, 0.2) is 0 Å². The predicted octanol–water partition coefficient (Wildman–Crippen LogP) is 2.00. The molecule has 2 rings (SSSR count). The highest BCUT2D eigenvalue weighted by Crippen LogP contribution is 2.24. The molecule has 1 aromatic carbocycles. The Hall–Kier alpha value is -0.580. The fourth-order valence-electron chi connectivity index (χ4n) is 2.19. The van der Waals surface area contributed by atoms with E-state index in [4.69, 9.17) is 0 Å². The maximum atomic E-state index is 13.6. The van der Waals surface area contributed by atoms with E-state index >= 15 is 0 Å². The zero-order valence-corrected chi connectivity index (χ0v) is 11.0. The van der Waals surface area contributed by atoms with E-state index in [0.29, 0.717) is 0 Å². The summed E-state index contributed by atoms with van der Waals surface area (Å²) in [5.41, 5.74) is 1.14. The summed E-state index contributed by atoms with van der Waals surface area (Å²) in [6, 6.07) is 5.39. The molecule has 0 unspecified atom stereocenters.